The van der Waals surface area contributed by atoms with Gasteiger partial charge in [-0.1, -0.05) is 30.3 Å². The molecule has 3 rings (SSSR count). The van der Waals surface area contributed by atoms with Crippen molar-refractivity contribution < 1.29 is 19.4 Å². The van der Waals surface area contributed by atoms with Crippen molar-refractivity contribution in [1.29, 1.82) is 0 Å². The zero-order chi connectivity index (χ0) is 18.5. The summed E-state index contributed by atoms with van der Waals surface area (Å²) in [5.74, 6) is -1.22. The number of aryl methyl sites for hydroxylation is 1. The van der Waals surface area contributed by atoms with Gasteiger partial charge in [0, 0.05) is 5.56 Å². The highest BCUT2D eigenvalue weighted by Gasteiger charge is 2.24. The molecule has 2 aromatic rings. The first kappa shape index (κ1) is 17.8. The second-order valence-corrected chi connectivity index (χ2v) is 6.55. The van der Waals surface area contributed by atoms with Gasteiger partial charge in [-0.25, -0.2) is 4.99 Å². The van der Waals surface area contributed by atoms with Crippen molar-refractivity contribution in [3.63, 3.8) is 0 Å². The number of amides is 1. The molecule has 0 atom stereocenters. The molecule has 1 N–H and O–H groups in total. The molecule has 0 radical (unpaired) electrons. The minimum Gasteiger partial charge on any atom is -0.546 e. The van der Waals surface area contributed by atoms with Gasteiger partial charge in [0.1, 0.15) is 12.4 Å². The van der Waals surface area contributed by atoms with E-state index in [-0.39, 0.29) is 5.91 Å². The van der Waals surface area contributed by atoms with E-state index >= 15 is 0 Å². The van der Waals surface area contributed by atoms with Gasteiger partial charge in [0.2, 0.25) is 0 Å². The standard InChI is InChI=1S/C19H16N2O4S/c1-12-5-4-7-14(9-12)20-19-21-18(24)16(26-19)10-13-6-2-3-8-15(13)25-11-17(22)23/h2-10H,11H2,1H3,(H,22,23)(H,20,21,24)/p-1/b16-10+. The Balaban J connectivity index is 1.82. The number of ether oxygens (including phenoxy) is 1. The summed E-state index contributed by atoms with van der Waals surface area (Å²) in [7, 11) is 0. The minimum atomic E-state index is -1.31. The molecule has 1 heterocycles. The molecular weight excluding hydrogens is 352 g/mol. The van der Waals surface area contributed by atoms with Gasteiger partial charge in [0.15, 0.2) is 5.17 Å². The topological polar surface area (TPSA) is 90.8 Å². The van der Waals surface area contributed by atoms with Crippen molar-refractivity contribution >= 4 is 40.6 Å². The molecule has 0 unspecified atom stereocenters. The second kappa shape index (κ2) is 7.88. The largest absolute Gasteiger partial charge is 0.546 e. The average Bonchev–Trinajstić information content (AvgIpc) is 2.93. The third-order valence-electron chi connectivity index (χ3n) is 3.43. The van der Waals surface area contributed by atoms with E-state index in [2.05, 4.69) is 10.3 Å². The Morgan fingerprint density at radius 2 is 2.08 bits per heavy atom. The first-order valence-corrected chi connectivity index (χ1v) is 8.61. The molecular formula is C19H15N2O4S-. The zero-order valence-electron chi connectivity index (χ0n) is 13.9. The fourth-order valence-corrected chi connectivity index (χ4v) is 3.14. The highest BCUT2D eigenvalue weighted by atomic mass is 32.2. The summed E-state index contributed by atoms with van der Waals surface area (Å²) in [6.07, 6.45) is 1.64. The Labute approximate surface area is 154 Å². The second-order valence-electron chi connectivity index (χ2n) is 5.52. The van der Waals surface area contributed by atoms with Crippen molar-refractivity contribution in [1.82, 2.24) is 5.32 Å². The summed E-state index contributed by atoms with van der Waals surface area (Å²) >= 11 is 1.21. The monoisotopic (exact) mass is 367 g/mol. The number of nitrogens with one attached hydrogen (secondary N) is 1. The number of carbonyl (C=O) groups excluding carboxylic acids is 2. The van der Waals surface area contributed by atoms with Crippen molar-refractivity contribution in [2.75, 3.05) is 6.61 Å². The molecule has 6 nitrogen and oxygen atoms in total. The SMILES string of the molecule is Cc1cccc(N=C2NC(=O)/C(=C\c3ccccc3OCC(=O)[O-])S2)c1. The van der Waals surface area contributed by atoms with Gasteiger partial charge in [-0.05, 0) is 48.5 Å². The highest BCUT2D eigenvalue weighted by Crippen LogP contribution is 2.30. The van der Waals surface area contributed by atoms with Crippen LogP contribution in [-0.2, 0) is 9.59 Å². The Bertz CT molecular complexity index is 921. The van der Waals surface area contributed by atoms with Crippen LogP contribution in [0, 0.1) is 6.92 Å². The van der Waals surface area contributed by atoms with Crippen molar-refractivity contribution in [3.05, 3.63) is 64.6 Å². The lowest BCUT2D eigenvalue weighted by Crippen LogP contribution is -2.29. The van der Waals surface area contributed by atoms with Gasteiger partial charge in [0.05, 0.1) is 16.6 Å². The lowest BCUT2D eigenvalue weighted by molar-refractivity contribution is -0.307. The maximum atomic E-state index is 12.2. The molecule has 1 fully saturated rings. The molecule has 0 saturated carbocycles. The maximum Gasteiger partial charge on any atom is 0.264 e. The average molecular weight is 367 g/mol. The summed E-state index contributed by atoms with van der Waals surface area (Å²) in [4.78, 5) is 27.7. The summed E-state index contributed by atoms with van der Waals surface area (Å²) < 4.78 is 5.20. The number of rotatable bonds is 5. The van der Waals surface area contributed by atoms with E-state index in [4.69, 9.17) is 4.74 Å². The maximum absolute atomic E-state index is 12.2. The Hall–Kier alpha value is -3.06. The van der Waals surface area contributed by atoms with E-state index in [1.807, 2.05) is 31.2 Å². The van der Waals surface area contributed by atoms with Crippen LogP contribution in [0.3, 0.4) is 0 Å². The van der Waals surface area contributed by atoms with Crippen LogP contribution < -0.4 is 15.2 Å². The van der Waals surface area contributed by atoms with Gasteiger partial charge in [0.25, 0.3) is 5.91 Å². The molecule has 132 valence electrons. The van der Waals surface area contributed by atoms with E-state index in [1.54, 1.807) is 30.3 Å². The van der Waals surface area contributed by atoms with E-state index in [0.717, 1.165) is 11.3 Å². The first-order valence-electron chi connectivity index (χ1n) is 7.79. The quantitative estimate of drug-likeness (QED) is 0.817. The number of carbonyl (C=O) groups is 2. The number of hydrogen-bond acceptors (Lipinski definition) is 6. The number of aliphatic carboxylic acids is 1. The van der Waals surface area contributed by atoms with Crippen LogP contribution >= 0.6 is 11.8 Å². The molecule has 0 bridgehead atoms. The molecule has 26 heavy (non-hydrogen) atoms. The van der Waals surface area contributed by atoms with Crippen LogP contribution in [0.4, 0.5) is 5.69 Å². The predicted molar refractivity (Wildman–Crippen MR) is 98.9 cm³/mol. The van der Waals surface area contributed by atoms with Gasteiger partial charge < -0.3 is 20.0 Å². The molecule has 0 aliphatic carbocycles. The number of amidine groups is 1. The molecule has 0 spiro atoms. The third-order valence-corrected chi connectivity index (χ3v) is 4.34. The van der Waals surface area contributed by atoms with Crippen molar-refractivity contribution in [2.24, 2.45) is 4.99 Å². The number of thioether (sulfide) groups is 1. The highest BCUT2D eigenvalue weighted by molar-refractivity contribution is 8.18. The fraction of sp³-hybridized carbons (Fsp3) is 0.105. The van der Waals surface area contributed by atoms with Crippen LogP contribution in [0.5, 0.6) is 5.75 Å². The summed E-state index contributed by atoms with van der Waals surface area (Å²) in [6.45, 7) is 1.42. The van der Waals surface area contributed by atoms with E-state index in [0.29, 0.717) is 21.4 Å². The molecule has 1 amide bonds. The van der Waals surface area contributed by atoms with Crippen molar-refractivity contribution in [3.8, 4) is 5.75 Å². The Morgan fingerprint density at radius 1 is 1.27 bits per heavy atom. The van der Waals surface area contributed by atoms with Gasteiger partial charge in [-0.3, -0.25) is 4.79 Å². The number of carboxylic acid groups (broad SMARTS) is 1. The van der Waals surface area contributed by atoms with E-state index in [1.165, 1.54) is 11.8 Å². The van der Waals surface area contributed by atoms with Gasteiger partial charge in [-0.15, -0.1) is 0 Å². The molecule has 1 saturated heterocycles. The smallest absolute Gasteiger partial charge is 0.264 e. The summed E-state index contributed by atoms with van der Waals surface area (Å²) in [5.41, 5.74) is 2.44. The molecule has 7 heteroatoms. The molecule has 2 aromatic carbocycles. The molecule has 0 aromatic heterocycles. The summed E-state index contributed by atoms with van der Waals surface area (Å²) in [6, 6.07) is 14.5. The first-order chi connectivity index (χ1) is 12.5. The van der Waals surface area contributed by atoms with Crippen molar-refractivity contribution in [2.45, 2.75) is 6.92 Å². The van der Waals surface area contributed by atoms with Gasteiger partial charge in [-0.2, -0.15) is 0 Å². The van der Waals surface area contributed by atoms with Gasteiger partial charge >= 0.3 is 0 Å². The number of carboxylic acids is 1. The number of nitrogens with zero attached hydrogens (tertiary/aromatic N) is 1. The lowest BCUT2D eigenvalue weighted by Gasteiger charge is -2.09. The van der Waals surface area contributed by atoms with Crippen LogP contribution in [0.1, 0.15) is 11.1 Å². The van der Waals surface area contributed by atoms with Crippen LogP contribution in [-0.4, -0.2) is 23.7 Å². The summed E-state index contributed by atoms with van der Waals surface area (Å²) in [5, 5.41) is 13.8. The minimum absolute atomic E-state index is 0.267. The predicted octanol–water partition coefficient (Wildman–Crippen LogP) is 2.02. The van der Waals surface area contributed by atoms with E-state index < -0.39 is 12.6 Å². The third kappa shape index (κ3) is 4.52. The van der Waals surface area contributed by atoms with E-state index in [9.17, 15) is 14.7 Å². The molecule has 1 aliphatic heterocycles. The Morgan fingerprint density at radius 3 is 2.85 bits per heavy atom. The number of hydrogen-bond donors (Lipinski definition) is 1. The fourth-order valence-electron chi connectivity index (χ4n) is 2.30. The number of benzene rings is 2. The molecule has 1 aliphatic rings. The van der Waals surface area contributed by atoms with Crippen LogP contribution in [0.25, 0.3) is 6.08 Å². The normalized spacial score (nSPS) is 16.7. The Kier molecular flexibility index (Phi) is 5.38. The number of aliphatic imine (C=N–C) groups is 1. The van der Waals surface area contributed by atoms with Crippen LogP contribution in [0.2, 0.25) is 0 Å². The number of para-hydroxylation sites is 1. The van der Waals surface area contributed by atoms with Crippen LogP contribution in [0.15, 0.2) is 58.4 Å². The lowest BCUT2D eigenvalue weighted by atomic mass is 10.2. The zero-order valence-corrected chi connectivity index (χ0v) is 14.7.